The van der Waals surface area contributed by atoms with Crippen LogP contribution in [0.1, 0.15) is 21.7 Å². The van der Waals surface area contributed by atoms with Gasteiger partial charge in [0.1, 0.15) is 5.82 Å². The van der Waals surface area contributed by atoms with Crippen molar-refractivity contribution in [3.05, 3.63) is 47.0 Å². The molecule has 0 fully saturated rings. The van der Waals surface area contributed by atoms with Crippen LogP contribution in [-0.4, -0.2) is 37.8 Å². The Balaban J connectivity index is 2.33. The van der Waals surface area contributed by atoms with Crippen LogP contribution in [0.4, 0.5) is 4.39 Å². The number of nitrogens with zero attached hydrogens (tertiary/aromatic N) is 3. The van der Waals surface area contributed by atoms with Crippen LogP contribution >= 0.6 is 0 Å². The molecule has 0 aliphatic heterocycles. The molecule has 1 aromatic heterocycles. The van der Waals surface area contributed by atoms with Gasteiger partial charge in [0.05, 0.1) is 18.8 Å². The standard InChI is InChI=1S/C13H12FN3O3/c14-10-4-1-9(2-5-10)3-6-11-12(13(19)20)15-16-17(11)7-8-18/h1-6,18H,7-8H2,(H,19,20)/b6-3+. The van der Waals surface area contributed by atoms with Crippen molar-refractivity contribution in [1.29, 1.82) is 0 Å². The van der Waals surface area contributed by atoms with E-state index in [2.05, 4.69) is 10.3 Å². The molecular formula is C13H12FN3O3. The van der Waals surface area contributed by atoms with E-state index in [-0.39, 0.29) is 30.4 Å². The van der Waals surface area contributed by atoms with Gasteiger partial charge in [0.25, 0.3) is 0 Å². The second-order valence-corrected chi connectivity index (χ2v) is 3.96. The molecule has 0 amide bonds. The monoisotopic (exact) mass is 277 g/mol. The van der Waals surface area contributed by atoms with Gasteiger partial charge in [0.2, 0.25) is 0 Å². The quantitative estimate of drug-likeness (QED) is 0.859. The second kappa shape index (κ2) is 6.07. The first-order valence-electron chi connectivity index (χ1n) is 5.83. The van der Waals surface area contributed by atoms with E-state index in [4.69, 9.17) is 10.2 Å². The highest BCUT2D eigenvalue weighted by molar-refractivity contribution is 5.90. The summed E-state index contributed by atoms with van der Waals surface area (Å²) < 4.78 is 14.1. The Morgan fingerprint density at radius 3 is 2.60 bits per heavy atom. The number of aliphatic hydroxyl groups excluding tert-OH is 1. The zero-order valence-electron chi connectivity index (χ0n) is 10.4. The molecule has 0 aliphatic rings. The number of aliphatic hydroxyl groups is 1. The lowest BCUT2D eigenvalue weighted by Gasteiger charge is -2.00. The van der Waals surface area contributed by atoms with Crippen molar-refractivity contribution in [3.8, 4) is 0 Å². The Kier molecular flexibility index (Phi) is 4.21. The van der Waals surface area contributed by atoms with Crippen LogP contribution in [0.2, 0.25) is 0 Å². The number of hydrogen-bond acceptors (Lipinski definition) is 4. The highest BCUT2D eigenvalue weighted by Crippen LogP contribution is 2.12. The van der Waals surface area contributed by atoms with Gasteiger partial charge in [-0.15, -0.1) is 5.10 Å². The van der Waals surface area contributed by atoms with E-state index >= 15 is 0 Å². The van der Waals surface area contributed by atoms with Crippen LogP contribution in [0.15, 0.2) is 24.3 Å². The van der Waals surface area contributed by atoms with Crippen LogP contribution in [0.25, 0.3) is 12.2 Å². The molecule has 1 heterocycles. The maximum absolute atomic E-state index is 12.8. The lowest BCUT2D eigenvalue weighted by Crippen LogP contribution is -2.07. The third-order valence-electron chi connectivity index (χ3n) is 2.59. The van der Waals surface area contributed by atoms with Gasteiger partial charge in [0, 0.05) is 0 Å². The first-order chi connectivity index (χ1) is 9.61. The summed E-state index contributed by atoms with van der Waals surface area (Å²) in [4.78, 5) is 11.0. The SMILES string of the molecule is O=C(O)c1nnn(CCO)c1/C=C/c1ccc(F)cc1. The Labute approximate surface area is 113 Å². The highest BCUT2D eigenvalue weighted by atomic mass is 19.1. The van der Waals surface area contributed by atoms with Gasteiger partial charge >= 0.3 is 5.97 Å². The molecule has 104 valence electrons. The lowest BCUT2D eigenvalue weighted by atomic mass is 10.2. The Morgan fingerprint density at radius 1 is 1.30 bits per heavy atom. The van der Waals surface area contributed by atoms with Gasteiger partial charge < -0.3 is 10.2 Å². The number of benzene rings is 1. The van der Waals surface area contributed by atoms with Crippen LogP contribution in [0.3, 0.4) is 0 Å². The van der Waals surface area contributed by atoms with Gasteiger partial charge in [-0.3, -0.25) is 0 Å². The summed E-state index contributed by atoms with van der Waals surface area (Å²) in [7, 11) is 0. The van der Waals surface area contributed by atoms with Crippen LogP contribution in [-0.2, 0) is 6.54 Å². The molecule has 0 aliphatic carbocycles. The zero-order valence-corrected chi connectivity index (χ0v) is 10.4. The number of aromatic carboxylic acids is 1. The normalized spacial score (nSPS) is 11.1. The minimum atomic E-state index is -1.20. The number of aromatic nitrogens is 3. The van der Waals surface area contributed by atoms with E-state index in [9.17, 15) is 9.18 Å². The van der Waals surface area contributed by atoms with E-state index in [0.29, 0.717) is 5.56 Å². The van der Waals surface area contributed by atoms with Crippen molar-refractivity contribution < 1.29 is 19.4 Å². The van der Waals surface area contributed by atoms with Crippen molar-refractivity contribution in [2.75, 3.05) is 6.61 Å². The van der Waals surface area contributed by atoms with Gasteiger partial charge in [-0.25, -0.2) is 13.9 Å². The molecule has 2 rings (SSSR count). The molecule has 6 nitrogen and oxygen atoms in total. The van der Waals surface area contributed by atoms with Crippen LogP contribution in [0, 0.1) is 5.82 Å². The van der Waals surface area contributed by atoms with Gasteiger partial charge in [0.15, 0.2) is 5.69 Å². The Hall–Kier alpha value is -2.54. The summed E-state index contributed by atoms with van der Waals surface area (Å²) >= 11 is 0. The van der Waals surface area contributed by atoms with Crippen molar-refractivity contribution in [2.45, 2.75) is 6.54 Å². The average Bonchev–Trinajstić information content (AvgIpc) is 2.82. The summed E-state index contributed by atoms with van der Waals surface area (Å²) in [6.07, 6.45) is 3.14. The van der Waals surface area contributed by atoms with Crippen molar-refractivity contribution in [1.82, 2.24) is 15.0 Å². The smallest absolute Gasteiger partial charge is 0.358 e. The van der Waals surface area contributed by atoms with Crippen molar-refractivity contribution >= 4 is 18.1 Å². The van der Waals surface area contributed by atoms with Gasteiger partial charge in [-0.2, -0.15) is 0 Å². The summed E-state index contributed by atoms with van der Waals surface area (Å²) in [6.45, 7) is -0.0385. The predicted octanol–water partition coefficient (Wildman–Crippen LogP) is 1.28. The molecule has 0 atom stereocenters. The predicted molar refractivity (Wildman–Crippen MR) is 69.4 cm³/mol. The summed E-state index contributed by atoms with van der Waals surface area (Å²) in [5, 5.41) is 25.1. The molecule has 0 saturated heterocycles. The number of carboxylic acid groups (broad SMARTS) is 1. The van der Waals surface area contributed by atoms with Crippen molar-refractivity contribution in [2.24, 2.45) is 0 Å². The van der Waals surface area contributed by atoms with E-state index in [0.717, 1.165) is 0 Å². The maximum Gasteiger partial charge on any atom is 0.358 e. The average molecular weight is 277 g/mol. The van der Waals surface area contributed by atoms with Crippen molar-refractivity contribution in [3.63, 3.8) is 0 Å². The molecule has 0 saturated carbocycles. The molecule has 0 unspecified atom stereocenters. The molecule has 20 heavy (non-hydrogen) atoms. The third kappa shape index (κ3) is 3.07. The fraction of sp³-hybridized carbons (Fsp3) is 0.154. The molecule has 0 bridgehead atoms. The number of carboxylic acids is 1. The first-order valence-corrected chi connectivity index (χ1v) is 5.83. The fourth-order valence-corrected chi connectivity index (χ4v) is 1.65. The van der Waals surface area contributed by atoms with E-state index in [1.807, 2.05) is 0 Å². The number of rotatable bonds is 5. The van der Waals surface area contributed by atoms with Crippen LogP contribution < -0.4 is 0 Å². The highest BCUT2D eigenvalue weighted by Gasteiger charge is 2.16. The molecule has 2 N–H and O–H groups in total. The largest absolute Gasteiger partial charge is 0.476 e. The molecule has 0 radical (unpaired) electrons. The first kappa shape index (κ1) is 13.9. The second-order valence-electron chi connectivity index (χ2n) is 3.96. The summed E-state index contributed by atoms with van der Waals surface area (Å²) in [6, 6.07) is 5.74. The number of carbonyl (C=O) groups is 1. The van der Waals surface area contributed by atoms with E-state index < -0.39 is 5.97 Å². The van der Waals surface area contributed by atoms with Crippen LogP contribution in [0.5, 0.6) is 0 Å². The molecule has 1 aromatic carbocycles. The maximum atomic E-state index is 12.8. The van der Waals surface area contributed by atoms with E-state index in [1.165, 1.54) is 22.9 Å². The van der Waals surface area contributed by atoms with Gasteiger partial charge in [-0.05, 0) is 23.8 Å². The molecule has 7 heteroatoms. The number of halogens is 1. The van der Waals surface area contributed by atoms with Gasteiger partial charge in [-0.1, -0.05) is 23.4 Å². The summed E-state index contributed by atoms with van der Waals surface area (Å²) in [5.41, 5.74) is 0.784. The Morgan fingerprint density at radius 2 is 2.00 bits per heavy atom. The molecular weight excluding hydrogens is 265 g/mol. The fourth-order valence-electron chi connectivity index (χ4n) is 1.65. The number of hydrogen-bond donors (Lipinski definition) is 2. The minimum Gasteiger partial charge on any atom is -0.476 e. The zero-order chi connectivity index (χ0) is 14.5. The third-order valence-corrected chi connectivity index (χ3v) is 2.59. The Bertz CT molecular complexity index is 635. The minimum absolute atomic E-state index is 0.142. The molecule has 0 spiro atoms. The topological polar surface area (TPSA) is 88.2 Å². The lowest BCUT2D eigenvalue weighted by molar-refractivity contribution is 0.0690. The molecule has 2 aromatic rings. The van der Waals surface area contributed by atoms with E-state index in [1.54, 1.807) is 18.2 Å². The summed E-state index contributed by atoms with van der Waals surface area (Å²) in [5.74, 6) is -1.55.